The van der Waals surface area contributed by atoms with Crippen molar-refractivity contribution in [3.05, 3.63) is 54.7 Å². The van der Waals surface area contributed by atoms with Crippen LogP contribution in [-0.4, -0.2) is 46.3 Å². The SMILES string of the molecule is CC(=O)O[C@@H]1C=C2CC[C@H]3[C@@H]4CC[C@H]([C@H](C)C(=O)OC[C@H]5O[C@@H](n6cc(C)c(=O)[nH]c6=O)C[C@@H]5N=[N+]=[N-])[C@@]4(C)CC[C@@H]3[C@@]2(C)CC1. The van der Waals surface area contributed by atoms with Crippen molar-refractivity contribution in [3.8, 4) is 0 Å². The number of ether oxygens (including phenoxy) is 3. The van der Waals surface area contributed by atoms with E-state index < -0.39 is 29.6 Å². The minimum absolute atomic E-state index is 0.0535. The van der Waals surface area contributed by atoms with Crippen LogP contribution in [0.5, 0.6) is 0 Å². The van der Waals surface area contributed by atoms with Crippen LogP contribution in [0.1, 0.15) is 97.3 Å². The maximum Gasteiger partial charge on any atom is 0.330 e. The highest BCUT2D eigenvalue weighted by molar-refractivity contribution is 5.72. The number of fused-ring (bicyclic) bond motifs is 5. The van der Waals surface area contributed by atoms with E-state index in [0.717, 1.165) is 51.4 Å². The molecule has 46 heavy (non-hydrogen) atoms. The summed E-state index contributed by atoms with van der Waals surface area (Å²) in [5.74, 6) is 1.21. The van der Waals surface area contributed by atoms with Crippen LogP contribution in [0.25, 0.3) is 10.4 Å². The van der Waals surface area contributed by atoms with Crippen molar-refractivity contribution in [2.45, 2.75) is 117 Å². The quantitative estimate of drug-likeness (QED) is 0.135. The van der Waals surface area contributed by atoms with Crippen LogP contribution in [-0.2, 0) is 23.8 Å². The number of aromatic nitrogens is 2. The molecule has 5 aliphatic rings. The van der Waals surface area contributed by atoms with Crippen molar-refractivity contribution >= 4 is 11.9 Å². The van der Waals surface area contributed by atoms with E-state index >= 15 is 0 Å². The lowest BCUT2D eigenvalue weighted by molar-refractivity contribution is -0.158. The Morgan fingerprint density at radius 2 is 1.96 bits per heavy atom. The number of rotatable bonds is 7. The van der Waals surface area contributed by atoms with E-state index in [2.05, 4.69) is 34.9 Å². The smallest absolute Gasteiger partial charge is 0.330 e. The average molecular weight is 638 g/mol. The predicted molar refractivity (Wildman–Crippen MR) is 168 cm³/mol. The van der Waals surface area contributed by atoms with Crippen LogP contribution in [0, 0.1) is 47.3 Å². The Balaban J connectivity index is 1.10. The molecule has 4 aliphatic carbocycles. The third-order valence-electron chi connectivity index (χ3n) is 12.7. The number of azide groups is 1. The Morgan fingerprint density at radius 3 is 2.70 bits per heavy atom. The number of allylic oxidation sites excluding steroid dienone is 1. The minimum atomic E-state index is -0.756. The number of hydrogen-bond donors (Lipinski definition) is 1. The zero-order chi connectivity index (χ0) is 33.0. The van der Waals surface area contributed by atoms with Gasteiger partial charge in [0.25, 0.3) is 5.56 Å². The van der Waals surface area contributed by atoms with E-state index in [1.54, 1.807) is 6.92 Å². The number of aryl methyl sites for hydroxylation is 1. The molecule has 1 aromatic rings. The Hall–Kier alpha value is -3.37. The first-order valence-electron chi connectivity index (χ1n) is 16.9. The zero-order valence-corrected chi connectivity index (χ0v) is 27.6. The van der Waals surface area contributed by atoms with Gasteiger partial charge in [0, 0.05) is 30.0 Å². The van der Waals surface area contributed by atoms with Gasteiger partial charge in [-0.2, -0.15) is 0 Å². The molecule has 250 valence electrons. The minimum Gasteiger partial charge on any atom is -0.463 e. The number of nitrogens with zero attached hydrogens (tertiary/aromatic N) is 4. The fourth-order valence-corrected chi connectivity index (χ4v) is 10.3. The molecule has 3 saturated carbocycles. The fourth-order valence-electron chi connectivity index (χ4n) is 10.3. The molecule has 0 spiro atoms. The van der Waals surface area contributed by atoms with Crippen molar-refractivity contribution < 1.29 is 23.8 Å². The molecular formula is C34H47N5O7. The maximum atomic E-state index is 13.6. The Labute approximate surface area is 268 Å². The van der Waals surface area contributed by atoms with E-state index in [1.165, 1.54) is 23.3 Å². The van der Waals surface area contributed by atoms with E-state index in [0.29, 0.717) is 23.3 Å². The van der Waals surface area contributed by atoms with Crippen molar-refractivity contribution in [2.24, 2.45) is 45.5 Å². The molecule has 12 heteroatoms. The summed E-state index contributed by atoms with van der Waals surface area (Å²) in [7, 11) is 0. The molecule has 1 saturated heterocycles. The van der Waals surface area contributed by atoms with Gasteiger partial charge in [0.2, 0.25) is 0 Å². The molecule has 12 nitrogen and oxygen atoms in total. The highest BCUT2D eigenvalue weighted by Crippen LogP contribution is 2.67. The summed E-state index contributed by atoms with van der Waals surface area (Å²) in [5, 5.41) is 3.86. The number of carbonyl (C=O) groups excluding carboxylic acids is 2. The van der Waals surface area contributed by atoms with E-state index in [4.69, 9.17) is 19.7 Å². The first-order chi connectivity index (χ1) is 21.9. The van der Waals surface area contributed by atoms with Gasteiger partial charge >= 0.3 is 17.6 Å². The number of carbonyl (C=O) groups is 2. The summed E-state index contributed by atoms with van der Waals surface area (Å²) < 4.78 is 18.8. The number of esters is 2. The third kappa shape index (κ3) is 5.61. The predicted octanol–water partition coefficient (Wildman–Crippen LogP) is 5.50. The highest BCUT2D eigenvalue weighted by Gasteiger charge is 2.60. The standard InChI is InChI=1S/C34H47N5O7/c1-18-16-39(32(43)36-30(18)41)29-15-27(37-38-35)28(46-29)17-44-31(42)19(2)24-8-9-25-23-7-6-21-14-22(45-20(3)40)10-12-33(21,4)26(23)11-13-34(24,25)5/h14,16,19,22-29H,6-13,15,17H2,1-5H3,(H,36,41,43)/t19-,22-,23-,24+,25-,26-,27-,28+,29+,33-,34+/m0/s1. The van der Waals surface area contributed by atoms with E-state index in [1.807, 2.05) is 6.92 Å². The largest absolute Gasteiger partial charge is 0.463 e. The Bertz CT molecular complexity index is 1580. The molecule has 4 fully saturated rings. The number of H-pyrrole nitrogens is 1. The molecule has 0 amide bonds. The lowest BCUT2D eigenvalue weighted by atomic mass is 9.46. The summed E-state index contributed by atoms with van der Waals surface area (Å²) >= 11 is 0. The number of nitrogens with one attached hydrogen (secondary N) is 1. The second-order valence-electron chi connectivity index (χ2n) is 15.0. The van der Waals surface area contributed by atoms with Crippen molar-refractivity contribution in [2.75, 3.05) is 6.61 Å². The summed E-state index contributed by atoms with van der Waals surface area (Å²) in [4.78, 5) is 54.6. The average Bonchev–Trinajstić information content (AvgIpc) is 3.57. The Kier molecular flexibility index (Phi) is 8.74. The normalized spacial score (nSPS) is 38.8. The lowest BCUT2D eigenvalue weighted by Crippen LogP contribution is -2.51. The van der Waals surface area contributed by atoms with Crippen molar-refractivity contribution in [3.63, 3.8) is 0 Å². The van der Waals surface area contributed by atoms with Gasteiger partial charge in [0.05, 0.1) is 12.0 Å². The molecule has 1 aromatic heterocycles. The molecule has 1 aliphatic heterocycles. The van der Waals surface area contributed by atoms with Crippen LogP contribution in [0.15, 0.2) is 32.5 Å². The summed E-state index contributed by atoms with van der Waals surface area (Å²) in [6, 6.07) is -0.628. The van der Waals surface area contributed by atoms with Crippen LogP contribution >= 0.6 is 0 Å². The number of hydrogen-bond acceptors (Lipinski definition) is 8. The molecule has 11 atom stereocenters. The van der Waals surface area contributed by atoms with Gasteiger partial charge in [-0.15, -0.1) is 0 Å². The molecular weight excluding hydrogens is 590 g/mol. The second kappa shape index (κ2) is 12.3. The third-order valence-corrected chi connectivity index (χ3v) is 12.7. The van der Waals surface area contributed by atoms with Crippen molar-refractivity contribution in [1.29, 1.82) is 0 Å². The van der Waals surface area contributed by atoms with Crippen molar-refractivity contribution in [1.82, 2.24) is 9.55 Å². The highest BCUT2D eigenvalue weighted by atomic mass is 16.6. The van der Waals surface area contributed by atoms with Gasteiger partial charge in [-0.1, -0.05) is 31.5 Å². The summed E-state index contributed by atoms with van der Waals surface area (Å²) in [6.45, 7) is 9.81. The second-order valence-corrected chi connectivity index (χ2v) is 15.0. The molecule has 6 rings (SSSR count). The summed E-state index contributed by atoms with van der Waals surface area (Å²) in [5.41, 5.74) is 10.1. The van der Waals surface area contributed by atoms with Gasteiger partial charge in [0.1, 0.15) is 25.0 Å². The van der Waals surface area contributed by atoms with Gasteiger partial charge in [-0.05, 0) is 104 Å². The molecule has 0 unspecified atom stereocenters. The van der Waals surface area contributed by atoms with Crippen LogP contribution in [0.4, 0.5) is 0 Å². The zero-order valence-electron chi connectivity index (χ0n) is 27.6. The lowest BCUT2D eigenvalue weighted by Gasteiger charge is -2.59. The van der Waals surface area contributed by atoms with Crippen LogP contribution in [0.3, 0.4) is 0 Å². The summed E-state index contributed by atoms with van der Waals surface area (Å²) in [6.07, 6.45) is 10.8. The van der Waals surface area contributed by atoms with E-state index in [9.17, 15) is 19.2 Å². The van der Waals surface area contributed by atoms with Gasteiger partial charge < -0.3 is 14.2 Å². The Morgan fingerprint density at radius 1 is 1.17 bits per heavy atom. The monoisotopic (exact) mass is 637 g/mol. The maximum absolute atomic E-state index is 13.6. The molecule has 0 aromatic carbocycles. The van der Waals surface area contributed by atoms with Gasteiger partial charge in [-0.25, -0.2) is 4.79 Å². The molecule has 0 bridgehead atoms. The van der Waals surface area contributed by atoms with Crippen LogP contribution < -0.4 is 11.2 Å². The molecule has 1 N–H and O–H groups in total. The van der Waals surface area contributed by atoms with Crippen LogP contribution in [0.2, 0.25) is 0 Å². The fraction of sp³-hybridized carbons (Fsp3) is 0.765. The van der Waals surface area contributed by atoms with E-state index in [-0.39, 0.29) is 53.7 Å². The molecule has 0 radical (unpaired) electrons. The first-order valence-corrected chi connectivity index (χ1v) is 16.9. The van der Waals surface area contributed by atoms with Gasteiger partial charge in [-0.3, -0.25) is 23.9 Å². The number of aromatic amines is 1. The van der Waals surface area contributed by atoms with Gasteiger partial charge in [0.15, 0.2) is 0 Å². The first kappa shape index (κ1) is 32.6. The molecule has 2 heterocycles. The topological polar surface area (TPSA) is 165 Å².